The Morgan fingerprint density at radius 2 is 1.61 bits per heavy atom. The normalized spacial score (nSPS) is 11.3. The van der Waals surface area contributed by atoms with Gasteiger partial charge in [0, 0.05) is 5.56 Å². The van der Waals surface area contributed by atoms with E-state index in [0.29, 0.717) is 11.1 Å². The molecule has 0 saturated heterocycles. The minimum atomic E-state index is -0.481. The third-order valence-corrected chi connectivity index (χ3v) is 3.01. The Balaban J connectivity index is 1.93. The van der Waals surface area contributed by atoms with Crippen LogP contribution in [0.2, 0.25) is 0 Å². The van der Waals surface area contributed by atoms with Crippen molar-refractivity contribution in [3.63, 3.8) is 0 Å². The van der Waals surface area contributed by atoms with Gasteiger partial charge in [0.25, 0.3) is 0 Å². The van der Waals surface area contributed by atoms with Gasteiger partial charge in [-0.2, -0.15) is 0 Å². The summed E-state index contributed by atoms with van der Waals surface area (Å²) in [4.78, 5) is 13.5. The van der Waals surface area contributed by atoms with Gasteiger partial charge in [-0.05, 0) is 36.4 Å². The number of carbonyl (C=O) groups is 1. The van der Waals surface area contributed by atoms with Crippen molar-refractivity contribution in [2.75, 3.05) is 0 Å². The summed E-state index contributed by atoms with van der Waals surface area (Å²) >= 11 is 0. The van der Waals surface area contributed by atoms with Crippen LogP contribution in [-0.2, 0) is 4.74 Å². The first-order valence-corrected chi connectivity index (χ1v) is 7.03. The van der Waals surface area contributed by atoms with Gasteiger partial charge in [0.1, 0.15) is 0 Å². The molecular weight excluding hydrogens is 292 g/mol. The molecule has 0 saturated carbocycles. The van der Waals surface area contributed by atoms with Gasteiger partial charge in [0.05, 0.1) is 17.5 Å². The van der Waals surface area contributed by atoms with E-state index in [9.17, 15) is 4.79 Å². The molecule has 1 aromatic heterocycles. The molecule has 6 heteroatoms. The lowest BCUT2D eigenvalue weighted by atomic mass is 10.2. The molecule has 0 unspecified atom stereocenters. The quantitative estimate of drug-likeness (QED) is 0.424. The smallest absolute Gasteiger partial charge is 0.344 e. The molecule has 0 atom stereocenters. The maximum absolute atomic E-state index is 12.3. The Morgan fingerprint density at radius 1 is 1.00 bits per heavy atom. The number of aryl methyl sites for hydroxylation is 1. The van der Waals surface area contributed by atoms with Crippen molar-refractivity contribution >= 4 is 11.9 Å². The molecule has 0 amide bonds. The maximum Gasteiger partial charge on any atom is 0.344 e. The molecule has 3 rings (SSSR count). The van der Waals surface area contributed by atoms with Crippen molar-refractivity contribution in [2.24, 2.45) is 5.10 Å². The number of aromatic nitrogens is 3. The van der Waals surface area contributed by atoms with Crippen LogP contribution in [0.3, 0.4) is 0 Å². The summed E-state index contributed by atoms with van der Waals surface area (Å²) in [6.07, 6.45) is 1.64. The fourth-order valence-electron chi connectivity index (χ4n) is 1.92. The molecule has 0 N–H and O–H groups in total. The Hall–Kier alpha value is -3.28. The highest BCUT2D eigenvalue weighted by molar-refractivity contribution is 6.04. The van der Waals surface area contributed by atoms with E-state index in [0.717, 1.165) is 5.69 Å². The minimum Gasteiger partial charge on any atom is -0.402 e. The van der Waals surface area contributed by atoms with Crippen molar-refractivity contribution in [3.8, 4) is 0 Å². The second-order valence-corrected chi connectivity index (χ2v) is 4.81. The highest BCUT2D eigenvalue weighted by atomic mass is 16.5. The number of rotatable bonds is 3. The van der Waals surface area contributed by atoms with Crippen molar-refractivity contribution in [1.29, 1.82) is 0 Å². The van der Waals surface area contributed by atoms with E-state index < -0.39 is 5.97 Å². The van der Waals surface area contributed by atoms with Gasteiger partial charge >= 0.3 is 5.97 Å². The van der Waals surface area contributed by atoms with E-state index >= 15 is 0 Å². The van der Waals surface area contributed by atoms with Crippen LogP contribution in [0.4, 0.5) is 0 Å². The molecule has 3 aromatic rings. The second-order valence-electron chi connectivity index (χ2n) is 4.81. The van der Waals surface area contributed by atoms with E-state index in [1.165, 1.54) is 4.79 Å². The molecule has 23 heavy (non-hydrogen) atoms. The van der Waals surface area contributed by atoms with Crippen molar-refractivity contribution in [2.45, 2.75) is 6.92 Å². The number of hydrogen-bond acceptors (Lipinski definition) is 5. The number of ether oxygens (including phenoxy) is 1. The first-order valence-electron chi connectivity index (χ1n) is 7.03. The molecule has 0 aliphatic rings. The molecule has 0 aliphatic carbocycles. The first kappa shape index (κ1) is 14.6. The lowest BCUT2D eigenvalue weighted by molar-refractivity contribution is 0.0716. The van der Waals surface area contributed by atoms with Crippen LogP contribution in [0, 0.1) is 6.92 Å². The van der Waals surface area contributed by atoms with E-state index in [2.05, 4.69) is 15.4 Å². The molecule has 0 aliphatic heterocycles. The zero-order chi connectivity index (χ0) is 16.1. The summed E-state index contributed by atoms with van der Waals surface area (Å²) in [5, 5.41) is 11.9. The Bertz CT molecular complexity index is 826. The number of benzene rings is 2. The van der Waals surface area contributed by atoms with Gasteiger partial charge in [-0.3, -0.25) is 0 Å². The van der Waals surface area contributed by atoms with Gasteiger partial charge < -0.3 is 4.74 Å². The fraction of sp³-hybridized carbons (Fsp3) is 0.0588. The van der Waals surface area contributed by atoms with Crippen LogP contribution in [0.15, 0.2) is 72.0 Å². The van der Waals surface area contributed by atoms with Gasteiger partial charge in [-0.15, -0.1) is 15.0 Å². The van der Waals surface area contributed by atoms with Crippen LogP contribution in [0.1, 0.15) is 21.6 Å². The highest BCUT2D eigenvalue weighted by Crippen LogP contribution is 2.08. The van der Waals surface area contributed by atoms with Crippen LogP contribution in [0.25, 0.3) is 0 Å². The van der Waals surface area contributed by atoms with Crippen LogP contribution < -0.4 is 0 Å². The minimum absolute atomic E-state index is 0.157. The first-order chi connectivity index (χ1) is 11.2. The SMILES string of the molecule is Cc1cn(/N=C(/OC(=O)c2ccccc2)c2ccccc2)nn1. The Kier molecular flexibility index (Phi) is 4.24. The lowest BCUT2D eigenvalue weighted by Crippen LogP contribution is -2.15. The standard InChI is InChI=1S/C17H14N4O2/c1-13-12-21(20-18-13)19-16(14-8-4-2-5-9-14)23-17(22)15-10-6-3-7-11-15/h2-12H,1H3/b19-16+. The monoisotopic (exact) mass is 306 g/mol. The molecular formula is C17H14N4O2. The summed E-state index contributed by atoms with van der Waals surface area (Å²) in [6.45, 7) is 1.80. The summed E-state index contributed by atoms with van der Waals surface area (Å²) in [5.41, 5.74) is 1.84. The number of nitrogens with zero attached hydrogens (tertiary/aromatic N) is 4. The predicted octanol–water partition coefficient (Wildman–Crippen LogP) is 2.65. The Morgan fingerprint density at radius 3 is 2.17 bits per heavy atom. The van der Waals surface area contributed by atoms with Gasteiger partial charge in [-0.1, -0.05) is 36.4 Å². The average Bonchev–Trinajstić information content (AvgIpc) is 3.01. The predicted molar refractivity (Wildman–Crippen MR) is 85.0 cm³/mol. The van der Waals surface area contributed by atoms with E-state index in [-0.39, 0.29) is 5.90 Å². The number of carbonyl (C=O) groups excluding carboxylic acids is 1. The van der Waals surface area contributed by atoms with Crippen LogP contribution in [-0.4, -0.2) is 27.0 Å². The number of hydrogen-bond donors (Lipinski definition) is 0. The molecule has 0 fully saturated rings. The molecule has 0 radical (unpaired) electrons. The Labute approximate surface area is 133 Å². The van der Waals surface area contributed by atoms with Crippen molar-refractivity contribution < 1.29 is 9.53 Å². The third kappa shape index (κ3) is 3.68. The lowest BCUT2D eigenvalue weighted by Gasteiger charge is -2.07. The van der Waals surface area contributed by atoms with Gasteiger partial charge in [-0.25, -0.2) is 4.79 Å². The molecule has 0 bridgehead atoms. The van der Waals surface area contributed by atoms with Crippen LogP contribution >= 0.6 is 0 Å². The molecule has 0 spiro atoms. The molecule has 6 nitrogen and oxygen atoms in total. The summed E-state index contributed by atoms with van der Waals surface area (Å²) in [5.74, 6) is -0.325. The molecule has 1 heterocycles. The third-order valence-electron chi connectivity index (χ3n) is 3.01. The average molecular weight is 306 g/mol. The topological polar surface area (TPSA) is 69.4 Å². The summed E-state index contributed by atoms with van der Waals surface area (Å²) in [7, 11) is 0. The van der Waals surface area contributed by atoms with E-state index in [1.54, 1.807) is 49.5 Å². The summed E-state index contributed by atoms with van der Waals surface area (Å²) < 4.78 is 5.46. The zero-order valence-electron chi connectivity index (χ0n) is 12.5. The van der Waals surface area contributed by atoms with E-state index in [1.807, 2.05) is 24.3 Å². The number of esters is 1. The molecule has 2 aromatic carbocycles. The van der Waals surface area contributed by atoms with Crippen molar-refractivity contribution in [1.82, 2.24) is 15.1 Å². The van der Waals surface area contributed by atoms with Gasteiger partial charge in [0.2, 0.25) is 5.90 Å². The summed E-state index contributed by atoms with van der Waals surface area (Å²) in [6, 6.07) is 17.9. The fourth-order valence-corrected chi connectivity index (χ4v) is 1.92. The van der Waals surface area contributed by atoms with E-state index in [4.69, 9.17) is 4.74 Å². The van der Waals surface area contributed by atoms with Crippen molar-refractivity contribution in [3.05, 3.63) is 83.7 Å². The highest BCUT2D eigenvalue weighted by Gasteiger charge is 2.14. The van der Waals surface area contributed by atoms with Crippen LogP contribution in [0.5, 0.6) is 0 Å². The largest absolute Gasteiger partial charge is 0.402 e. The van der Waals surface area contributed by atoms with Gasteiger partial charge in [0.15, 0.2) is 0 Å². The molecule has 114 valence electrons. The second kappa shape index (κ2) is 6.65. The zero-order valence-corrected chi connectivity index (χ0v) is 12.5. The maximum atomic E-state index is 12.3.